The highest BCUT2D eigenvalue weighted by atomic mass is 35.5. The summed E-state index contributed by atoms with van der Waals surface area (Å²) in [4.78, 5) is 0. The van der Waals surface area contributed by atoms with Crippen LogP contribution < -0.4 is 5.32 Å². The van der Waals surface area contributed by atoms with E-state index in [0.29, 0.717) is 0 Å². The van der Waals surface area contributed by atoms with Crippen LogP contribution in [0.5, 0.6) is 0 Å². The number of halogens is 1. The highest BCUT2D eigenvalue weighted by molar-refractivity contribution is 6.30. The predicted octanol–water partition coefficient (Wildman–Crippen LogP) is 2.89. The molecule has 18 heavy (non-hydrogen) atoms. The molecule has 3 nitrogen and oxygen atoms in total. The highest BCUT2D eigenvalue weighted by Crippen LogP contribution is 2.25. The molecule has 0 aliphatic rings. The van der Waals surface area contributed by atoms with Crippen molar-refractivity contribution >= 4 is 11.6 Å². The maximum Gasteiger partial charge on any atom is 0.130 e. The molecule has 2 rings (SSSR count). The maximum absolute atomic E-state index is 6.28. The van der Waals surface area contributed by atoms with Gasteiger partial charge in [0.1, 0.15) is 5.15 Å². The first-order valence-corrected chi connectivity index (χ1v) is 6.41. The van der Waals surface area contributed by atoms with Gasteiger partial charge in [-0.3, -0.25) is 4.68 Å². The zero-order valence-electron chi connectivity index (χ0n) is 10.9. The molecule has 1 aromatic carbocycles. The summed E-state index contributed by atoms with van der Waals surface area (Å²) in [7, 11) is 3.84. The summed E-state index contributed by atoms with van der Waals surface area (Å²) >= 11 is 6.28. The van der Waals surface area contributed by atoms with Crippen molar-refractivity contribution in [1.82, 2.24) is 15.1 Å². The Morgan fingerprint density at radius 1 is 1.33 bits per heavy atom. The van der Waals surface area contributed by atoms with E-state index in [2.05, 4.69) is 34.7 Å². The van der Waals surface area contributed by atoms with Gasteiger partial charge < -0.3 is 5.32 Å². The minimum Gasteiger partial charge on any atom is -0.313 e. The van der Waals surface area contributed by atoms with Gasteiger partial charge in [0.25, 0.3) is 0 Å². The topological polar surface area (TPSA) is 29.9 Å². The third kappa shape index (κ3) is 2.57. The van der Waals surface area contributed by atoms with Gasteiger partial charge in [0.05, 0.1) is 5.69 Å². The molecule has 1 N–H and O–H groups in total. The summed E-state index contributed by atoms with van der Waals surface area (Å²) in [6.45, 7) is 2.00. The van der Waals surface area contributed by atoms with Crippen LogP contribution in [0, 0.1) is 6.92 Å². The van der Waals surface area contributed by atoms with Gasteiger partial charge in [-0.05, 0) is 26.0 Å². The molecule has 1 aromatic heterocycles. The number of likely N-dealkylation sites (N-methyl/N-ethyl adjacent to an activating group) is 1. The Morgan fingerprint density at radius 2 is 2.00 bits per heavy atom. The minimum absolute atomic E-state index is 0.256. The Bertz CT molecular complexity index is 519. The average molecular weight is 264 g/mol. The molecular formula is C14H18ClN3. The van der Waals surface area contributed by atoms with Crippen LogP contribution in [0.3, 0.4) is 0 Å². The third-order valence-corrected chi connectivity index (χ3v) is 3.70. The molecule has 0 bridgehead atoms. The van der Waals surface area contributed by atoms with Gasteiger partial charge in [0.15, 0.2) is 0 Å². The summed E-state index contributed by atoms with van der Waals surface area (Å²) < 4.78 is 1.73. The molecule has 96 valence electrons. The molecule has 1 heterocycles. The SMILES string of the molecule is CNC(Cc1c(C)nn(C)c1Cl)c1ccccc1. The smallest absolute Gasteiger partial charge is 0.130 e. The lowest BCUT2D eigenvalue weighted by molar-refractivity contribution is 0.590. The zero-order chi connectivity index (χ0) is 13.1. The van der Waals surface area contributed by atoms with Crippen molar-refractivity contribution in [1.29, 1.82) is 0 Å². The Balaban J connectivity index is 2.26. The van der Waals surface area contributed by atoms with Crippen LogP contribution in [0.4, 0.5) is 0 Å². The second kappa shape index (κ2) is 5.55. The van der Waals surface area contributed by atoms with Crippen molar-refractivity contribution in [3.63, 3.8) is 0 Å². The highest BCUT2D eigenvalue weighted by Gasteiger charge is 2.17. The molecule has 4 heteroatoms. The summed E-state index contributed by atoms with van der Waals surface area (Å²) in [5.74, 6) is 0. The summed E-state index contributed by atoms with van der Waals surface area (Å²) in [5.41, 5.74) is 3.38. The van der Waals surface area contributed by atoms with Crippen LogP contribution in [-0.4, -0.2) is 16.8 Å². The van der Waals surface area contributed by atoms with Crippen LogP contribution in [0.25, 0.3) is 0 Å². The van der Waals surface area contributed by atoms with Gasteiger partial charge >= 0.3 is 0 Å². The van der Waals surface area contributed by atoms with Gasteiger partial charge in [-0.2, -0.15) is 5.10 Å². The fourth-order valence-corrected chi connectivity index (χ4v) is 2.43. The van der Waals surface area contributed by atoms with Gasteiger partial charge in [-0.25, -0.2) is 0 Å². The van der Waals surface area contributed by atoms with E-state index in [9.17, 15) is 0 Å². The number of nitrogens with zero attached hydrogens (tertiary/aromatic N) is 2. The summed E-state index contributed by atoms with van der Waals surface area (Å²) in [5, 5.41) is 8.41. The zero-order valence-corrected chi connectivity index (χ0v) is 11.7. The number of benzene rings is 1. The first kappa shape index (κ1) is 13.1. The average Bonchev–Trinajstić information content (AvgIpc) is 2.62. The molecule has 0 amide bonds. The second-order valence-electron chi connectivity index (χ2n) is 4.43. The molecule has 0 saturated heterocycles. The standard InChI is InChI=1S/C14H18ClN3/c1-10-12(14(15)18(3)17-10)9-13(16-2)11-7-5-4-6-8-11/h4-8,13,16H,9H2,1-3H3. The quantitative estimate of drug-likeness (QED) is 0.919. The van der Waals surface area contributed by atoms with Crippen molar-refractivity contribution in [3.8, 4) is 0 Å². The van der Waals surface area contributed by atoms with E-state index in [1.54, 1.807) is 4.68 Å². The first-order chi connectivity index (χ1) is 8.63. The lowest BCUT2D eigenvalue weighted by atomic mass is 9.99. The van der Waals surface area contributed by atoms with Crippen LogP contribution in [0.2, 0.25) is 5.15 Å². The number of aryl methyl sites for hydroxylation is 2. The van der Waals surface area contributed by atoms with E-state index < -0.39 is 0 Å². The van der Waals surface area contributed by atoms with Gasteiger partial charge in [0.2, 0.25) is 0 Å². The summed E-state index contributed by atoms with van der Waals surface area (Å²) in [6.07, 6.45) is 0.846. The van der Waals surface area contributed by atoms with E-state index in [4.69, 9.17) is 11.6 Å². The van der Waals surface area contributed by atoms with Crippen LogP contribution in [0.1, 0.15) is 22.9 Å². The molecule has 0 saturated carbocycles. The monoisotopic (exact) mass is 263 g/mol. The largest absolute Gasteiger partial charge is 0.313 e. The van der Waals surface area contributed by atoms with E-state index in [-0.39, 0.29) is 6.04 Å². The molecular weight excluding hydrogens is 246 g/mol. The minimum atomic E-state index is 0.256. The Hall–Kier alpha value is -1.32. The van der Waals surface area contributed by atoms with Crippen LogP contribution in [0.15, 0.2) is 30.3 Å². The van der Waals surface area contributed by atoms with E-state index in [1.807, 2.05) is 27.1 Å². The van der Waals surface area contributed by atoms with Crippen molar-refractivity contribution in [2.45, 2.75) is 19.4 Å². The molecule has 1 atom stereocenters. The van der Waals surface area contributed by atoms with E-state index >= 15 is 0 Å². The molecule has 0 aliphatic heterocycles. The van der Waals surface area contributed by atoms with Crippen molar-refractivity contribution in [2.75, 3.05) is 7.05 Å². The molecule has 0 spiro atoms. The van der Waals surface area contributed by atoms with E-state index in [0.717, 1.165) is 22.8 Å². The molecule has 0 aliphatic carbocycles. The normalized spacial score (nSPS) is 12.7. The Kier molecular flexibility index (Phi) is 4.04. The fourth-order valence-electron chi connectivity index (χ4n) is 2.18. The fraction of sp³-hybridized carbons (Fsp3) is 0.357. The number of nitrogens with one attached hydrogen (secondary N) is 1. The predicted molar refractivity (Wildman–Crippen MR) is 74.9 cm³/mol. The van der Waals surface area contributed by atoms with Crippen LogP contribution >= 0.6 is 11.6 Å². The number of aromatic nitrogens is 2. The number of hydrogen-bond donors (Lipinski definition) is 1. The van der Waals surface area contributed by atoms with Gasteiger partial charge in [0, 0.05) is 18.7 Å². The first-order valence-electron chi connectivity index (χ1n) is 6.03. The van der Waals surface area contributed by atoms with E-state index in [1.165, 1.54) is 5.56 Å². The molecule has 1 unspecified atom stereocenters. The second-order valence-corrected chi connectivity index (χ2v) is 4.79. The molecule has 0 fully saturated rings. The van der Waals surface area contributed by atoms with Crippen molar-refractivity contribution in [2.24, 2.45) is 7.05 Å². The maximum atomic E-state index is 6.28. The van der Waals surface area contributed by atoms with Crippen molar-refractivity contribution in [3.05, 3.63) is 52.3 Å². The summed E-state index contributed by atoms with van der Waals surface area (Å²) in [6, 6.07) is 10.6. The van der Waals surface area contributed by atoms with Crippen LogP contribution in [-0.2, 0) is 13.5 Å². The molecule has 0 radical (unpaired) electrons. The van der Waals surface area contributed by atoms with Gasteiger partial charge in [-0.1, -0.05) is 41.9 Å². The number of rotatable bonds is 4. The molecule has 2 aromatic rings. The number of hydrogen-bond acceptors (Lipinski definition) is 2. The lowest BCUT2D eigenvalue weighted by Crippen LogP contribution is -2.19. The van der Waals surface area contributed by atoms with Crippen molar-refractivity contribution < 1.29 is 0 Å². The van der Waals surface area contributed by atoms with Gasteiger partial charge in [-0.15, -0.1) is 0 Å². The Labute approximate surface area is 113 Å². The third-order valence-electron chi connectivity index (χ3n) is 3.23. The lowest BCUT2D eigenvalue weighted by Gasteiger charge is -2.16. The Morgan fingerprint density at radius 3 is 2.50 bits per heavy atom.